The van der Waals surface area contributed by atoms with Crippen molar-refractivity contribution in [2.45, 2.75) is 31.4 Å². The monoisotopic (exact) mass is 418 g/mol. The van der Waals surface area contributed by atoms with Crippen LogP contribution in [0.1, 0.15) is 50.4 Å². The summed E-state index contributed by atoms with van der Waals surface area (Å²) in [5.41, 5.74) is 2.17. The molecule has 1 aliphatic carbocycles. The molecular weight excluding hydrogens is 402 g/mol. The van der Waals surface area contributed by atoms with E-state index in [2.05, 4.69) is 10.3 Å². The van der Waals surface area contributed by atoms with Crippen LogP contribution in [-0.2, 0) is 13.0 Å². The van der Waals surface area contributed by atoms with E-state index >= 15 is 0 Å². The Morgan fingerprint density at radius 2 is 1.81 bits per heavy atom. The Morgan fingerprint density at radius 1 is 1.03 bits per heavy atom. The van der Waals surface area contributed by atoms with E-state index in [1.807, 2.05) is 12.1 Å². The van der Waals surface area contributed by atoms with Crippen molar-refractivity contribution in [2.75, 3.05) is 0 Å². The fourth-order valence-corrected chi connectivity index (χ4v) is 4.44. The Hall–Kier alpha value is -3.61. The van der Waals surface area contributed by atoms with Gasteiger partial charge < -0.3 is 10.1 Å². The molecule has 3 aliphatic rings. The van der Waals surface area contributed by atoms with E-state index < -0.39 is 17.2 Å². The van der Waals surface area contributed by atoms with Gasteiger partial charge in [-0.2, -0.15) is 0 Å². The number of aromatic nitrogens is 1. The van der Waals surface area contributed by atoms with Crippen molar-refractivity contribution in [3.05, 3.63) is 82.0 Å². The van der Waals surface area contributed by atoms with Crippen LogP contribution < -0.4 is 10.1 Å². The van der Waals surface area contributed by atoms with Gasteiger partial charge in [-0.15, -0.1) is 0 Å². The lowest BCUT2D eigenvalue weighted by Crippen LogP contribution is -2.21. The van der Waals surface area contributed by atoms with Gasteiger partial charge in [-0.05, 0) is 60.7 Å². The highest BCUT2D eigenvalue weighted by Crippen LogP contribution is 2.50. The highest BCUT2D eigenvalue weighted by Gasteiger charge is 2.57. The van der Waals surface area contributed by atoms with E-state index in [1.165, 1.54) is 18.2 Å². The molecular formula is C24H16F2N2O3. The molecule has 0 radical (unpaired) electrons. The molecule has 7 heteroatoms. The minimum absolute atomic E-state index is 0.0237. The molecule has 154 valence electrons. The van der Waals surface area contributed by atoms with Crippen LogP contribution >= 0.6 is 0 Å². The molecule has 0 saturated heterocycles. The maximum absolute atomic E-state index is 14.4. The Morgan fingerprint density at radius 3 is 2.55 bits per heavy atom. The third kappa shape index (κ3) is 2.69. The molecule has 6 rings (SSSR count). The van der Waals surface area contributed by atoms with Crippen molar-refractivity contribution < 1.29 is 23.1 Å². The summed E-state index contributed by atoms with van der Waals surface area (Å²) < 4.78 is 34.6. The minimum atomic E-state index is -0.713. The van der Waals surface area contributed by atoms with Gasteiger partial charge in [0.2, 0.25) is 5.78 Å². The maximum atomic E-state index is 14.4. The third-order valence-electron chi connectivity index (χ3n) is 6.15. The van der Waals surface area contributed by atoms with Crippen molar-refractivity contribution >= 4 is 11.7 Å². The fourth-order valence-electron chi connectivity index (χ4n) is 4.44. The quantitative estimate of drug-likeness (QED) is 0.699. The molecule has 1 aromatic heterocycles. The second kappa shape index (κ2) is 6.20. The normalized spacial score (nSPS) is 17.4. The summed E-state index contributed by atoms with van der Waals surface area (Å²) in [6, 6.07) is 10.6. The van der Waals surface area contributed by atoms with Crippen LogP contribution in [0, 0.1) is 11.6 Å². The zero-order valence-electron chi connectivity index (χ0n) is 16.3. The first-order valence-electron chi connectivity index (χ1n) is 10.1. The van der Waals surface area contributed by atoms with Crippen molar-refractivity contribution in [3.63, 3.8) is 0 Å². The summed E-state index contributed by atoms with van der Waals surface area (Å²) in [6.07, 6.45) is 1.79. The topological polar surface area (TPSA) is 68.3 Å². The van der Waals surface area contributed by atoms with Gasteiger partial charge in [0.15, 0.2) is 5.60 Å². The number of fused-ring (bicyclic) bond motifs is 2. The molecule has 0 unspecified atom stereocenters. The smallest absolute Gasteiger partial charge is 0.253 e. The molecule has 0 bridgehead atoms. The van der Waals surface area contributed by atoms with Gasteiger partial charge in [0.05, 0.1) is 34.6 Å². The number of nitrogens with zero attached hydrogens (tertiary/aromatic N) is 1. The molecule has 3 aromatic rings. The zero-order chi connectivity index (χ0) is 21.3. The maximum Gasteiger partial charge on any atom is 0.253 e. The van der Waals surface area contributed by atoms with Gasteiger partial charge in [-0.25, -0.2) is 13.8 Å². The lowest BCUT2D eigenvalue weighted by molar-refractivity contribution is 0.0820. The summed E-state index contributed by atoms with van der Waals surface area (Å²) in [7, 11) is 0. The van der Waals surface area contributed by atoms with Gasteiger partial charge in [-0.3, -0.25) is 9.59 Å². The molecule has 3 heterocycles. The van der Waals surface area contributed by atoms with Crippen LogP contribution in [0.5, 0.6) is 5.75 Å². The van der Waals surface area contributed by atoms with Gasteiger partial charge in [0.25, 0.3) is 5.91 Å². The van der Waals surface area contributed by atoms with Crippen LogP contribution in [0.25, 0.3) is 11.3 Å². The van der Waals surface area contributed by atoms with E-state index in [4.69, 9.17) is 4.74 Å². The largest absolute Gasteiger partial charge is 0.478 e. The van der Waals surface area contributed by atoms with Crippen LogP contribution in [0.2, 0.25) is 0 Å². The Labute approximate surface area is 176 Å². The van der Waals surface area contributed by atoms with Crippen molar-refractivity contribution in [1.29, 1.82) is 0 Å². The Balaban J connectivity index is 1.44. The second-order valence-corrected chi connectivity index (χ2v) is 8.20. The molecule has 0 atom stereocenters. The zero-order valence-corrected chi connectivity index (χ0v) is 16.3. The van der Waals surface area contributed by atoms with Gasteiger partial charge in [-0.1, -0.05) is 12.1 Å². The number of hydrogen-bond donors (Lipinski definition) is 1. The van der Waals surface area contributed by atoms with Gasteiger partial charge in [0, 0.05) is 0 Å². The van der Waals surface area contributed by atoms with Crippen LogP contribution in [-0.4, -0.2) is 22.3 Å². The molecule has 2 aromatic carbocycles. The summed E-state index contributed by atoms with van der Waals surface area (Å²) in [6.45, 7) is 0.204. The number of pyridine rings is 1. The van der Waals surface area contributed by atoms with E-state index in [1.54, 1.807) is 12.1 Å². The van der Waals surface area contributed by atoms with Crippen LogP contribution in [0.4, 0.5) is 8.78 Å². The Bertz CT molecular complexity index is 1290. The number of carbonyl (C=O) groups excluding carboxylic acids is 2. The molecule has 1 spiro atoms. The van der Waals surface area contributed by atoms with Gasteiger partial charge in [0.1, 0.15) is 17.4 Å². The number of ether oxygens (including phenoxy) is 1. The second-order valence-electron chi connectivity index (χ2n) is 8.20. The lowest BCUT2D eigenvalue weighted by Gasteiger charge is -2.12. The van der Waals surface area contributed by atoms with Crippen molar-refractivity contribution in [2.24, 2.45) is 0 Å². The summed E-state index contributed by atoms with van der Waals surface area (Å²) in [4.78, 5) is 29.2. The van der Waals surface area contributed by atoms with E-state index in [0.717, 1.165) is 18.4 Å². The predicted molar refractivity (Wildman–Crippen MR) is 107 cm³/mol. The molecule has 2 aliphatic heterocycles. The predicted octanol–water partition coefficient (Wildman–Crippen LogP) is 3.97. The summed E-state index contributed by atoms with van der Waals surface area (Å²) >= 11 is 0. The molecule has 1 fully saturated rings. The van der Waals surface area contributed by atoms with Crippen molar-refractivity contribution in [3.8, 4) is 17.0 Å². The first-order chi connectivity index (χ1) is 14.9. The minimum Gasteiger partial charge on any atom is -0.478 e. The Kier molecular flexibility index (Phi) is 3.64. The van der Waals surface area contributed by atoms with Gasteiger partial charge >= 0.3 is 0 Å². The van der Waals surface area contributed by atoms with Crippen molar-refractivity contribution in [1.82, 2.24) is 10.3 Å². The van der Waals surface area contributed by atoms with E-state index in [-0.39, 0.29) is 29.5 Å². The number of rotatable bonds is 3. The molecule has 5 nitrogen and oxygen atoms in total. The highest BCUT2D eigenvalue weighted by atomic mass is 19.1. The number of carbonyl (C=O) groups is 2. The standard InChI is InChI=1S/C24H16F2N2O3/c25-15-2-1-3-16(26)21(15)17-10-13(20-18(28-17)11-27-23(20)30)8-12-4-5-14-19(9-12)31-24(6-7-24)22(14)29/h1-5,9-10H,6-8,11H2,(H,27,30). The first kappa shape index (κ1) is 18.2. The molecule has 1 saturated carbocycles. The molecule has 1 amide bonds. The van der Waals surface area contributed by atoms with E-state index in [9.17, 15) is 18.4 Å². The number of benzene rings is 2. The van der Waals surface area contributed by atoms with Crippen LogP contribution in [0.3, 0.4) is 0 Å². The SMILES string of the molecule is O=C1NCc2nc(-c3c(F)cccc3F)cc(Cc3ccc4c(c3)OC3(CC3)C4=O)c21. The first-order valence-corrected chi connectivity index (χ1v) is 10.1. The van der Waals surface area contributed by atoms with E-state index in [0.29, 0.717) is 34.6 Å². The fraction of sp³-hybridized carbons (Fsp3) is 0.208. The average molecular weight is 418 g/mol. The number of Topliss-reactive ketones (excluding diaryl/α,β-unsaturated/α-hetero) is 1. The van der Waals surface area contributed by atoms with Crippen LogP contribution in [0.15, 0.2) is 42.5 Å². The molecule has 31 heavy (non-hydrogen) atoms. The number of halogens is 2. The number of ketones is 1. The summed E-state index contributed by atoms with van der Waals surface area (Å²) in [5.74, 6) is -1.11. The number of amides is 1. The summed E-state index contributed by atoms with van der Waals surface area (Å²) in [5, 5.41) is 2.73. The highest BCUT2D eigenvalue weighted by molar-refractivity contribution is 6.09. The number of hydrogen-bond acceptors (Lipinski definition) is 4. The number of nitrogens with one attached hydrogen (secondary N) is 1. The molecule has 1 N–H and O–H groups in total. The third-order valence-corrected chi connectivity index (χ3v) is 6.15. The average Bonchev–Trinajstić information content (AvgIpc) is 3.34. The lowest BCUT2D eigenvalue weighted by atomic mass is 9.96.